The van der Waals surface area contributed by atoms with Crippen molar-refractivity contribution < 1.29 is 13.5 Å². The minimum atomic E-state index is -2.94. The lowest BCUT2D eigenvalue weighted by molar-refractivity contribution is -0.0528. The van der Waals surface area contributed by atoms with Crippen molar-refractivity contribution in [2.75, 3.05) is 5.73 Å². The van der Waals surface area contributed by atoms with Crippen molar-refractivity contribution in [3.8, 4) is 11.7 Å². The lowest BCUT2D eigenvalue weighted by atomic mass is 10.5. The number of H-pyrrole nitrogens is 1. The van der Waals surface area contributed by atoms with Crippen molar-refractivity contribution in [1.29, 1.82) is 0 Å². The van der Waals surface area contributed by atoms with Gasteiger partial charge in [0.2, 0.25) is 5.88 Å². The van der Waals surface area contributed by atoms with Crippen LogP contribution in [0.4, 0.5) is 14.6 Å². The van der Waals surface area contributed by atoms with Gasteiger partial charge in [0.05, 0.1) is 12.4 Å². The number of aromatic amines is 1. The summed E-state index contributed by atoms with van der Waals surface area (Å²) >= 11 is 0. The van der Waals surface area contributed by atoms with E-state index < -0.39 is 6.61 Å². The molecule has 0 radical (unpaired) electrons. The van der Waals surface area contributed by atoms with E-state index in [1.165, 1.54) is 23.1 Å². The number of nitrogens with one attached hydrogen (secondary N) is 1. The molecule has 98 valence electrons. The summed E-state index contributed by atoms with van der Waals surface area (Å²) in [6.07, 6.45) is 2.86. The van der Waals surface area contributed by atoms with Gasteiger partial charge < -0.3 is 10.5 Å². The fourth-order valence-electron chi connectivity index (χ4n) is 1.55. The Kier molecular flexibility index (Phi) is 2.47. The van der Waals surface area contributed by atoms with Crippen LogP contribution in [-0.4, -0.2) is 36.6 Å². The van der Waals surface area contributed by atoms with Gasteiger partial charge in [-0.25, -0.2) is 9.97 Å². The molecule has 0 aliphatic heterocycles. The summed E-state index contributed by atoms with van der Waals surface area (Å²) in [5.74, 6) is 0.286. The van der Waals surface area contributed by atoms with Crippen molar-refractivity contribution in [3.63, 3.8) is 0 Å². The summed E-state index contributed by atoms with van der Waals surface area (Å²) in [5.41, 5.74) is 6.43. The number of nitrogens with zero attached hydrogens (tertiary/aromatic N) is 5. The van der Waals surface area contributed by atoms with Gasteiger partial charge in [-0.15, -0.1) is 5.10 Å². The minimum Gasteiger partial charge on any atom is -0.415 e. The molecule has 0 saturated heterocycles. The van der Waals surface area contributed by atoms with Crippen LogP contribution in [0.5, 0.6) is 5.88 Å². The van der Waals surface area contributed by atoms with Crippen molar-refractivity contribution in [2.24, 2.45) is 0 Å². The second kappa shape index (κ2) is 4.15. The SMILES string of the molecule is Nc1cnc2cnn(-c3cc(OC(F)F)n[nH]3)c2n1. The molecule has 19 heavy (non-hydrogen) atoms. The van der Waals surface area contributed by atoms with E-state index in [4.69, 9.17) is 5.73 Å². The molecule has 3 heterocycles. The zero-order valence-corrected chi connectivity index (χ0v) is 9.29. The highest BCUT2D eigenvalue weighted by Gasteiger charge is 2.13. The molecular weight excluding hydrogens is 260 g/mol. The van der Waals surface area contributed by atoms with E-state index >= 15 is 0 Å². The van der Waals surface area contributed by atoms with Gasteiger partial charge in [-0.3, -0.25) is 5.10 Å². The molecule has 8 nitrogen and oxygen atoms in total. The molecule has 0 atom stereocenters. The van der Waals surface area contributed by atoms with Gasteiger partial charge in [0.1, 0.15) is 11.3 Å². The highest BCUT2D eigenvalue weighted by molar-refractivity contribution is 5.72. The van der Waals surface area contributed by atoms with E-state index in [-0.39, 0.29) is 11.7 Å². The maximum absolute atomic E-state index is 12.0. The van der Waals surface area contributed by atoms with Gasteiger partial charge in [-0.05, 0) is 0 Å². The lowest BCUT2D eigenvalue weighted by Crippen LogP contribution is -2.01. The Balaban J connectivity index is 2.04. The first-order valence-electron chi connectivity index (χ1n) is 5.10. The first kappa shape index (κ1) is 11.3. The Hall–Kier alpha value is -2.78. The molecule has 0 amide bonds. The predicted molar refractivity (Wildman–Crippen MR) is 59.9 cm³/mol. The highest BCUT2D eigenvalue weighted by Crippen LogP contribution is 2.18. The summed E-state index contributed by atoms with van der Waals surface area (Å²) in [4.78, 5) is 8.09. The Bertz CT molecular complexity index is 722. The molecule has 0 aliphatic carbocycles. The van der Waals surface area contributed by atoms with Crippen molar-refractivity contribution in [2.45, 2.75) is 6.61 Å². The number of fused-ring (bicyclic) bond motifs is 1. The van der Waals surface area contributed by atoms with Crippen molar-refractivity contribution >= 4 is 17.0 Å². The summed E-state index contributed by atoms with van der Waals surface area (Å²) < 4.78 is 29.6. The van der Waals surface area contributed by atoms with E-state index in [1.54, 1.807) is 0 Å². The molecule has 0 spiro atoms. The third kappa shape index (κ3) is 2.03. The molecule has 0 unspecified atom stereocenters. The average Bonchev–Trinajstić information content (AvgIpc) is 2.94. The second-order valence-electron chi connectivity index (χ2n) is 3.53. The topological polar surface area (TPSA) is 108 Å². The van der Waals surface area contributed by atoms with E-state index in [2.05, 4.69) is 30.0 Å². The molecule has 0 aliphatic rings. The number of aromatic nitrogens is 6. The fraction of sp³-hybridized carbons (Fsp3) is 0.111. The number of nitrogens with two attached hydrogens (primary N) is 1. The van der Waals surface area contributed by atoms with E-state index in [0.717, 1.165) is 0 Å². The molecule has 0 saturated carbocycles. The van der Waals surface area contributed by atoms with Gasteiger partial charge in [0, 0.05) is 6.07 Å². The third-order valence-corrected chi connectivity index (χ3v) is 2.27. The van der Waals surface area contributed by atoms with Gasteiger partial charge in [-0.1, -0.05) is 0 Å². The molecule has 0 aromatic carbocycles. The lowest BCUT2D eigenvalue weighted by Gasteiger charge is -1.98. The summed E-state index contributed by atoms with van der Waals surface area (Å²) in [7, 11) is 0. The Labute approximate surface area is 104 Å². The molecule has 3 N–H and O–H groups in total. The van der Waals surface area contributed by atoms with Crippen LogP contribution in [0.15, 0.2) is 18.5 Å². The molecule has 3 rings (SSSR count). The van der Waals surface area contributed by atoms with Crippen molar-refractivity contribution in [1.82, 2.24) is 29.9 Å². The fourth-order valence-corrected chi connectivity index (χ4v) is 1.55. The first-order chi connectivity index (χ1) is 9.13. The zero-order valence-electron chi connectivity index (χ0n) is 9.29. The number of alkyl halides is 2. The smallest absolute Gasteiger partial charge is 0.388 e. The number of ether oxygens (including phenoxy) is 1. The molecule has 10 heteroatoms. The molecule has 3 aromatic heterocycles. The van der Waals surface area contributed by atoms with Gasteiger partial charge in [0.15, 0.2) is 11.5 Å². The van der Waals surface area contributed by atoms with Crippen LogP contribution in [0.25, 0.3) is 17.0 Å². The Morgan fingerprint density at radius 2 is 2.21 bits per heavy atom. The first-order valence-corrected chi connectivity index (χ1v) is 5.10. The van der Waals surface area contributed by atoms with Gasteiger partial charge >= 0.3 is 6.61 Å². The number of anilines is 1. The minimum absolute atomic E-state index is 0.220. The largest absolute Gasteiger partial charge is 0.415 e. The van der Waals surface area contributed by atoms with E-state index in [9.17, 15) is 8.78 Å². The average molecular weight is 267 g/mol. The molecule has 3 aromatic rings. The second-order valence-corrected chi connectivity index (χ2v) is 3.53. The number of nitrogen functional groups attached to an aromatic ring is 1. The van der Waals surface area contributed by atoms with E-state index in [0.29, 0.717) is 17.0 Å². The van der Waals surface area contributed by atoms with Crippen LogP contribution in [0.3, 0.4) is 0 Å². The van der Waals surface area contributed by atoms with Crippen molar-refractivity contribution in [3.05, 3.63) is 18.5 Å². The highest BCUT2D eigenvalue weighted by atomic mass is 19.3. The van der Waals surface area contributed by atoms with Gasteiger partial charge in [0.25, 0.3) is 0 Å². The Morgan fingerprint density at radius 1 is 1.37 bits per heavy atom. The zero-order chi connectivity index (χ0) is 13.4. The maximum atomic E-state index is 12.0. The van der Waals surface area contributed by atoms with Crippen LogP contribution in [0, 0.1) is 0 Å². The maximum Gasteiger partial charge on any atom is 0.388 e. The van der Waals surface area contributed by atoms with Crippen LogP contribution >= 0.6 is 0 Å². The van der Waals surface area contributed by atoms with Gasteiger partial charge in [-0.2, -0.15) is 18.6 Å². The number of hydrogen-bond donors (Lipinski definition) is 2. The summed E-state index contributed by atoms with van der Waals surface area (Å²) in [6.45, 7) is -2.94. The molecular formula is C9H7F2N7O. The van der Waals surface area contributed by atoms with Crippen LogP contribution in [0.1, 0.15) is 0 Å². The molecule has 0 bridgehead atoms. The summed E-state index contributed by atoms with van der Waals surface area (Å²) in [6, 6.07) is 1.27. The van der Waals surface area contributed by atoms with E-state index in [1.807, 2.05) is 0 Å². The van der Waals surface area contributed by atoms with Crippen LogP contribution in [0.2, 0.25) is 0 Å². The number of rotatable bonds is 3. The predicted octanol–water partition coefficient (Wildman–Crippen LogP) is 0.722. The number of halogens is 2. The summed E-state index contributed by atoms with van der Waals surface area (Å²) in [5, 5.41) is 10.1. The third-order valence-electron chi connectivity index (χ3n) is 2.27. The standard InChI is InChI=1S/C9H7F2N7O/c10-9(11)19-7-1-6(16-17-7)18-8-4(2-14-18)13-3-5(12)15-8/h1-3,9H,(H2,12,15)(H,16,17). The van der Waals surface area contributed by atoms with Crippen LogP contribution < -0.4 is 10.5 Å². The molecule has 0 fully saturated rings. The Morgan fingerprint density at radius 3 is 3.00 bits per heavy atom. The quantitative estimate of drug-likeness (QED) is 0.724. The monoisotopic (exact) mass is 267 g/mol. The normalized spacial score (nSPS) is 11.3. The number of hydrogen-bond acceptors (Lipinski definition) is 6. The van der Waals surface area contributed by atoms with Crippen LogP contribution in [-0.2, 0) is 0 Å².